The van der Waals surface area contributed by atoms with Crippen LogP contribution in [0.1, 0.15) is 19.4 Å². The molecule has 1 saturated heterocycles. The summed E-state index contributed by atoms with van der Waals surface area (Å²) in [6.07, 6.45) is 0. The fourth-order valence-electron chi connectivity index (χ4n) is 3.43. The number of carbonyl (C=O) groups excluding carboxylic acids is 2. The maximum atomic E-state index is 12.7. The Morgan fingerprint density at radius 2 is 1.68 bits per heavy atom. The van der Waals surface area contributed by atoms with E-state index in [1.54, 1.807) is 24.3 Å². The Morgan fingerprint density at radius 3 is 2.29 bits per heavy atom. The third kappa shape index (κ3) is 7.02. The molecule has 34 heavy (non-hydrogen) atoms. The minimum Gasteiger partial charge on any atom is -0.484 e. The number of sulfonamides is 1. The summed E-state index contributed by atoms with van der Waals surface area (Å²) in [5.74, 6) is -0.285. The molecule has 2 aromatic carbocycles. The van der Waals surface area contributed by atoms with Crippen molar-refractivity contribution in [1.29, 1.82) is 0 Å². The van der Waals surface area contributed by atoms with E-state index in [9.17, 15) is 18.0 Å². The first-order chi connectivity index (χ1) is 16.3. The van der Waals surface area contributed by atoms with E-state index in [-0.39, 0.29) is 29.9 Å². The first-order valence-electron chi connectivity index (χ1n) is 11.2. The number of morpholine rings is 1. The number of hydrogen-bond donors (Lipinski definition) is 2. The number of carbonyl (C=O) groups is 2. The molecule has 2 aromatic rings. The van der Waals surface area contributed by atoms with Crippen molar-refractivity contribution in [1.82, 2.24) is 14.9 Å². The first-order valence-corrected chi connectivity index (χ1v) is 12.6. The lowest BCUT2D eigenvalue weighted by atomic mass is 10.0. The summed E-state index contributed by atoms with van der Waals surface area (Å²) in [5, 5.41) is 5.53. The zero-order valence-electron chi connectivity index (χ0n) is 19.4. The van der Waals surface area contributed by atoms with Crippen molar-refractivity contribution >= 4 is 21.8 Å². The molecule has 1 atom stereocenters. The molecule has 0 unspecified atom stereocenters. The van der Waals surface area contributed by atoms with Crippen molar-refractivity contribution < 1.29 is 27.5 Å². The highest BCUT2D eigenvalue weighted by Crippen LogP contribution is 2.18. The fourth-order valence-corrected chi connectivity index (χ4v) is 4.84. The van der Waals surface area contributed by atoms with Gasteiger partial charge in [-0.3, -0.25) is 9.59 Å². The van der Waals surface area contributed by atoms with Crippen LogP contribution in [0.4, 0.5) is 0 Å². The van der Waals surface area contributed by atoms with Gasteiger partial charge in [-0.15, -0.1) is 0 Å². The van der Waals surface area contributed by atoms with Gasteiger partial charge >= 0.3 is 0 Å². The molecule has 3 rings (SSSR count). The van der Waals surface area contributed by atoms with Crippen molar-refractivity contribution in [2.45, 2.75) is 31.3 Å². The Kier molecular flexibility index (Phi) is 9.03. The lowest BCUT2D eigenvalue weighted by molar-refractivity contribution is -0.131. The Bertz CT molecular complexity index is 1050. The van der Waals surface area contributed by atoms with E-state index in [4.69, 9.17) is 9.47 Å². The van der Waals surface area contributed by atoms with Gasteiger partial charge in [0.1, 0.15) is 11.8 Å². The quantitative estimate of drug-likeness (QED) is 0.523. The number of nitrogens with one attached hydrogen (secondary N) is 2. The molecule has 1 aliphatic heterocycles. The zero-order chi connectivity index (χ0) is 24.6. The van der Waals surface area contributed by atoms with Gasteiger partial charge in [0.25, 0.3) is 5.91 Å². The highest BCUT2D eigenvalue weighted by Gasteiger charge is 2.27. The average molecular weight is 490 g/mol. The molecule has 1 aliphatic rings. The summed E-state index contributed by atoms with van der Waals surface area (Å²) in [6, 6.07) is 14.6. The van der Waals surface area contributed by atoms with Crippen molar-refractivity contribution in [3.05, 3.63) is 60.2 Å². The van der Waals surface area contributed by atoms with Crippen LogP contribution >= 0.6 is 0 Å². The van der Waals surface area contributed by atoms with Gasteiger partial charge in [0.2, 0.25) is 15.9 Å². The standard InChI is InChI=1S/C24H31N3O6S/c1-18(2)23(26-22(28)17-33-20-6-4-3-5-7-20)24(29)25-16-19-8-10-21(11-9-19)34(30,31)27-12-14-32-15-13-27/h3-11,18,23H,12-17H2,1-2H3,(H,25,29)(H,26,28)/t23-/m0/s1. The lowest BCUT2D eigenvalue weighted by Crippen LogP contribution is -2.50. The van der Waals surface area contributed by atoms with Gasteiger partial charge in [0.15, 0.2) is 6.61 Å². The van der Waals surface area contributed by atoms with Crippen molar-refractivity contribution in [3.8, 4) is 5.75 Å². The lowest BCUT2D eigenvalue weighted by Gasteiger charge is -2.26. The van der Waals surface area contributed by atoms with E-state index >= 15 is 0 Å². The predicted molar refractivity (Wildman–Crippen MR) is 127 cm³/mol. The van der Waals surface area contributed by atoms with E-state index in [2.05, 4.69) is 10.6 Å². The van der Waals surface area contributed by atoms with Gasteiger partial charge in [-0.2, -0.15) is 4.31 Å². The summed E-state index contributed by atoms with van der Waals surface area (Å²) in [4.78, 5) is 25.2. The van der Waals surface area contributed by atoms with Crippen LogP contribution in [0.25, 0.3) is 0 Å². The molecule has 0 aliphatic carbocycles. The van der Waals surface area contributed by atoms with Crippen LogP contribution in [-0.4, -0.2) is 63.5 Å². The Balaban J connectivity index is 1.52. The smallest absolute Gasteiger partial charge is 0.258 e. The Hall–Kier alpha value is -2.95. The normalized spacial score (nSPS) is 15.5. The average Bonchev–Trinajstić information content (AvgIpc) is 2.86. The summed E-state index contributed by atoms with van der Waals surface area (Å²) >= 11 is 0. The van der Waals surface area contributed by atoms with Crippen molar-refractivity contribution in [2.75, 3.05) is 32.9 Å². The van der Waals surface area contributed by atoms with Crippen molar-refractivity contribution in [2.24, 2.45) is 5.92 Å². The highest BCUT2D eigenvalue weighted by atomic mass is 32.2. The number of nitrogens with zero attached hydrogens (tertiary/aromatic N) is 1. The largest absolute Gasteiger partial charge is 0.484 e. The van der Waals surface area contributed by atoms with E-state index in [1.165, 1.54) is 16.4 Å². The molecular weight excluding hydrogens is 458 g/mol. The number of para-hydroxylation sites is 1. The van der Waals surface area contributed by atoms with Gasteiger partial charge in [0.05, 0.1) is 18.1 Å². The second-order valence-corrected chi connectivity index (χ2v) is 10.2. The molecule has 184 valence electrons. The van der Waals surface area contributed by atoms with E-state index in [0.29, 0.717) is 32.1 Å². The van der Waals surface area contributed by atoms with Gasteiger partial charge in [-0.05, 0) is 35.7 Å². The van der Waals surface area contributed by atoms with Crippen molar-refractivity contribution in [3.63, 3.8) is 0 Å². The van der Waals surface area contributed by atoms with Crippen LogP contribution in [0.3, 0.4) is 0 Å². The summed E-state index contributed by atoms with van der Waals surface area (Å²) < 4.78 is 37.5. The van der Waals surface area contributed by atoms with Crippen LogP contribution in [0.5, 0.6) is 5.75 Å². The molecule has 0 spiro atoms. The van der Waals surface area contributed by atoms with Gasteiger partial charge in [-0.1, -0.05) is 44.2 Å². The topological polar surface area (TPSA) is 114 Å². The molecule has 0 aromatic heterocycles. The summed E-state index contributed by atoms with van der Waals surface area (Å²) in [5.41, 5.74) is 0.746. The van der Waals surface area contributed by atoms with Crippen LogP contribution in [0, 0.1) is 5.92 Å². The third-order valence-corrected chi connectivity index (χ3v) is 7.29. The maximum Gasteiger partial charge on any atom is 0.258 e. The minimum absolute atomic E-state index is 0.137. The molecular formula is C24H31N3O6S. The minimum atomic E-state index is -3.57. The summed E-state index contributed by atoms with van der Waals surface area (Å²) in [6.45, 7) is 5.12. The second-order valence-electron chi connectivity index (χ2n) is 8.27. The Labute approximate surface area is 200 Å². The van der Waals surface area contributed by atoms with Gasteiger partial charge in [-0.25, -0.2) is 8.42 Å². The van der Waals surface area contributed by atoms with Crippen LogP contribution < -0.4 is 15.4 Å². The predicted octanol–water partition coefficient (Wildman–Crippen LogP) is 1.54. The van der Waals surface area contributed by atoms with Gasteiger partial charge < -0.3 is 20.1 Å². The summed E-state index contributed by atoms with van der Waals surface area (Å²) in [7, 11) is -3.57. The molecule has 0 saturated carbocycles. The molecule has 2 N–H and O–H groups in total. The SMILES string of the molecule is CC(C)[C@H](NC(=O)COc1ccccc1)C(=O)NCc1ccc(S(=O)(=O)N2CCOCC2)cc1. The molecule has 2 amide bonds. The van der Waals surface area contributed by atoms with E-state index < -0.39 is 22.0 Å². The van der Waals surface area contributed by atoms with E-state index in [1.807, 2.05) is 32.0 Å². The Morgan fingerprint density at radius 1 is 1.03 bits per heavy atom. The van der Waals surface area contributed by atoms with Crippen LogP contribution in [0.2, 0.25) is 0 Å². The molecule has 1 heterocycles. The fraction of sp³-hybridized carbons (Fsp3) is 0.417. The maximum absolute atomic E-state index is 12.7. The molecule has 0 radical (unpaired) electrons. The monoisotopic (exact) mass is 489 g/mol. The molecule has 1 fully saturated rings. The third-order valence-electron chi connectivity index (χ3n) is 5.38. The van der Waals surface area contributed by atoms with Gasteiger partial charge in [0, 0.05) is 19.6 Å². The number of ether oxygens (including phenoxy) is 2. The molecule has 0 bridgehead atoms. The van der Waals surface area contributed by atoms with Crippen LogP contribution in [0.15, 0.2) is 59.5 Å². The molecule has 10 heteroatoms. The number of rotatable bonds is 10. The first kappa shape index (κ1) is 25.7. The second kappa shape index (κ2) is 12.0. The van der Waals surface area contributed by atoms with E-state index in [0.717, 1.165) is 5.56 Å². The van der Waals surface area contributed by atoms with Crippen LogP contribution in [-0.2, 0) is 30.9 Å². The number of benzene rings is 2. The zero-order valence-corrected chi connectivity index (χ0v) is 20.2. The number of amides is 2. The molecule has 9 nitrogen and oxygen atoms in total. The number of hydrogen-bond acceptors (Lipinski definition) is 6. The highest BCUT2D eigenvalue weighted by molar-refractivity contribution is 7.89.